The Morgan fingerprint density at radius 2 is 1.70 bits per heavy atom. The van der Waals surface area contributed by atoms with Gasteiger partial charge in [-0.2, -0.15) is 8.88 Å². The third-order valence-corrected chi connectivity index (χ3v) is 11.9. The number of piperidine rings is 1. The number of aliphatic hydroxyl groups excluding tert-OH is 1. The van der Waals surface area contributed by atoms with Crippen LogP contribution < -0.4 is 14.8 Å². The van der Waals surface area contributed by atoms with E-state index in [0.29, 0.717) is 29.8 Å². The average Bonchev–Trinajstić information content (AvgIpc) is 3.73. The number of nitrogens with zero attached hydrogens (tertiary/aromatic N) is 3. The van der Waals surface area contributed by atoms with E-state index in [-0.39, 0.29) is 18.0 Å². The van der Waals surface area contributed by atoms with Crippen LogP contribution in [0.25, 0.3) is 27.9 Å². The molecule has 0 unspecified atom stereocenters. The van der Waals surface area contributed by atoms with E-state index in [0.717, 1.165) is 53.5 Å². The molecule has 0 atom stereocenters. The molecule has 238 valence electrons. The van der Waals surface area contributed by atoms with Crippen molar-refractivity contribution < 1.29 is 17.9 Å². The van der Waals surface area contributed by atoms with Gasteiger partial charge >= 0.3 is 0 Å². The molecule has 1 aliphatic carbocycles. The molecular weight excluding hydrogens is 607 g/mol. The Kier molecular flexibility index (Phi) is 7.39. The first kappa shape index (κ1) is 29.9. The Morgan fingerprint density at radius 3 is 2.51 bits per heavy atom. The topological polar surface area (TPSA) is 77.0 Å². The highest BCUT2D eigenvalue weighted by molar-refractivity contribution is 7.93. The normalized spacial score (nSPS) is 18.6. The van der Waals surface area contributed by atoms with Gasteiger partial charge in [-0.3, -0.25) is 0 Å². The molecule has 8 heteroatoms. The first-order chi connectivity index (χ1) is 22.8. The smallest absolute Gasteiger partial charge is 0.243 e. The molecule has 0 saturated carbocycles. The van der Waals surface area contributed by atoms with Gasteiger partial charge in [-0.15, -0.1) is 0 Å². The van der Waals surface area contributed by atoms with E-state index in [1.54, 1.807) is 0 Å². The van der Waals surface area contributed by atoms with Crippen molar-refractivity contribution in [1.29, 1.82) is 0 Å². The van der Waals surface area contributed by atoms with Gasteiger partial charge in [0, 0.05) is 77.7 Å². The van der Waals surface area contributed by atoms with Gasteiger partial charge in [-0.05, 0) is 61.6 Å². The lowest BCUT2D eigenvalue weighted by Crippen LogP contribution is -2.40. The third kappa shape index (κ3) is 5.03. The van der Waals surface area contributed by atoms with E-state index in [1.165, 1.54) is 26.8 Å². The number of allylic oxidation sites excluding steroid dienone is 2. The number of fused-ring (bicyclic) bond motifs is 4. The summed E-state index contributed by atoms with van der Waals surface area (Å²) in [6.07, 6.45) is 4.15. The summed E-state index contributed by atoms with van der Waals surface area (Å²) in [7, 11) is -3.88. The van der Waals surface area contributed by atoms with Crippen LogP contribution in [0.2, 0.25) is 0 Å². The maximum absolute atomic E-state index is 14.0. The van der Waals surface area contributed by atoms with Crippen LogP contribution in [0, 0.1) is 0 Å². The number of hydrogen-bond acceptors (Lipinski definition) is 5. The molecule has 0 spiro atoms. The lowest BCUT2D eigenvalue weighted by molar-refractivity contribution is 0.113. The van der Waals surface area contributed by atoms with Crippen LogP contribution in [-0.2, 0) is 22.9 Å². The minimum atomic E-state index is -3.88. The second-order valence-corrected chi connectivity index (χ2v) is 14.6. The lowest BCUT2D eigenvalue weighted by atomic mass is 9.93. The third-order valence-electron chi connectivity index (χ3n) is 10.0. The van der Waals surface area contributed by atoms with Gasteiger partial charge < -0.3 is 14.4 Å². The fourth-order valence-corrected chi connectivity index (χ4v) is 9.03. The number of sulfonamides is 1. The van der Waals surface area contributed by atoms with Crippen molar-refractivity contribution >= 4 is 43.6 Å². The van der Waals surface area contributed by atoms with Crippen molar-refractivity contribution in [2.75, 3.05) is 31.1 Å². The number of rotatable bonds is 5. The van der Waals surface area contributed by atoms with Crippen molar-refractivity contribution in [2.24, 2.45) is 0 Å². The Balaban J connectivity index is 1.32. The molecule has 1 N–H and O–H groups in total. The van der Waals surface area contributed by atoms with Crippen LogP contribution in [0.1, 0.15) is 36.5 Å². The minimum absolute atomic E-state index is 0.0558. The SMILES string of the molecule is C=C(/C(=C\C)c1c2ccc(=[N+]3CCc4ccccc43)cc-2oc2cc(N3CCc4ccccc43)ccc12)S(=O)(=O)N1CCC(O)CC1. The van der Waals surface area contributed by atoms with Crippen LogP contribution in [0.4, 0.5) is 17.1 Å². The maximum Gasteiger partial charge on any atom is 0.243 e. The zero-order valence-electron chi connectivity index (χ0n) is 26.5. The van der Waals surface area contributed by atoms with Gasteiger partial charge in [-0.1, -0.05) is 49.1 Å². The standard InChI is InChI=1S/C39H38N3O4S/c1-3-32(26(2)47(44,45)40-20-18-31(43)19-21-40)39-33-14-12-29(41-22-16-27-8-4-6-10-35(27)41)24-37(33)46-38-25-30(13-15-34(38)39)42-23-17-28-9-5-7-11-36(28)42/h3-15,24-25,31,43H,2,16-23H2,1H3/q+1/b32-3+. The van der Waals surface area contributed by atoms with Gasteiger partial charge in [-0.25, -0.2) is 8.42 Å². The Hall–Kier alpha value is -4.50. The van der Waals surface area contributed by atoms with Crippen molar-refractivity contribution in [3.63, 3.8) is 0 Å². The summed E-state index contributed by atoms with van der Waals surface area (Å²) in [4.78, 5) is 2.37. The predicted molar refractivity (Wildman–Crippen MR) is 188 cm³/mol. The van der Waals surface area contributed by atoms with E-state index < -0.39 is 16.1 Å². The van der Waals surface area contributed by atoms with Crippen LogP contribution in [0.15, 0.2) is 107 Å². The van der Waals surface area contributed by atoms with E-state index in [4.69, 9.17) is 4.42 Å². The number of para-hydroxylation sites is 2. The van der Waals surface area contributed by atoms with Crippen LogP contribution in [-0.4, -0.2) is 50.1 Å². The Morgan fingerprint density at radius 1 is 0.936 bits per heavy atom. The van der Waals surface area contributed by atoms with Gasteiger partial charge in [0.05, 0.1) is 17.1 Å². The monoisotopic (exact) mass is 644 g/mol. The van der Waals surface area contributed by atoms with Crippen molar-refractivity contribution in [3.8, 4) is 11.3 Å². The van der Waals surface area contributed by atoms with Gasteiger partial charge in [0.25, 0.3) is 0 Å². The summed E-state index contributed by atoms with van der Waals surface area (Å²) in [5, 5.41) is 11.9. The van der Waals surface area contributed by atoms with Crippen molar-refractivity contribution in [1.82, 2.24) is 8.88 Å². The molecule has 3 aromatic carbocycles. The minimum Gasteiger partial charge on any atom is -0.456 e. The molecule has 47 heavy (non-hydrogen) atoms. The van der Waals surface area contributed by atoms with E-state index in [2.05, 4.69) is 101 Å². The molecule has 0 aromatic heterocycles. The fourth-order valence-electron chi connectivity index (χ4n) is 7.53. The predicted octanol–water partition coefficient (Wildman–Crippen LogP) is 6.60. The van der Waals surface area contributed by atoms with Gasteiger partial charge in [0.15, 0.2) is 6.54 Å². The first-order valence-corrected chi connectivity index (χ1v) is 17.9. The Labute approximate surface area is 275 Å². The molecular formula is C39H38N3O4S+. The summed E-state index contributed by atoms with van der Waals surface area (Å²) >= 11 is 0. The molecule has 5 aliphatic rings. The molecule has 4 aliphatic heterocycles. The molecule has 8 rings (SSSR count). The average molecular weight is 645 g/mol. The molecule has 7 nitrogen and oxygen atoms in total. The highest BCUT2D eigenvalue weighted by Gasteiger charge is 2.33. The number of hydrogen-bond donors (Lipinski definition) is 1. The molecule has 0 amide bonds. The first-order valence-electron chi connectivity index (χ1n) is 16.4. The lowest BCUT2D eigenvalue weighted by Gasteiger charge is -2.30. The van der Waals surface area contributed by atoms with Crippen molar-refractivity contribution in [3.05, 3.63) is 125 Å². The quantitative estimate of drug-likeness (QED) is 0.133. The molecule has 0 bridgehead atoms. The van der Waals surface area contributed by atoms with Crippen LogP contribution in [0.5, 0.6) is 0 Å². The summed E-state index contributed by atoms with van der Waals surface area (Å²) in [6, 6.07) is 29.4. The largest absolute Gasteiger partial charge is 0.456 e. The second-order valence-electron chi connectivity index (χ2n) is 12.7. The molecule has 0 radical (unpaired) electrons. The maximum atomic E-state index is 14.0. The van der Waals surface area contributed by atoms with Crippen LogP contribution in [0.3, 0.4) is 0 Å². The number of benzene rings is 4. The summed E-state index contributed by atoms with van der Waals surface area (Å²) in [6.45, 7) is 8.35. The molecule has 3 aromatic rings. The zero-order valence-corrected chi connectivity index (χ0v) is 27.3. The molecule has 4 heterocycles. The highest BCUT2D eigenvalue weighted by atomic mass is 32.2. The molecule has 1 fully saturated rings. The van der Waals surface area contributed by atoms with Gasteiger partial charge in [0.1, 0.15) is 11.3 Å². The zero-order chi connectivity index (χ0) is 32.3. The van der Waals surface area contributed by atoms with Crippen molar-refractivity contribution in [2.45, 2.75) is 38.7 Å². The Bertz CT molecular complexity index is 2240. The van der Waals surface area contributed by atoms with E-state index in [9.17, 15) is 13.5 Å². The van der Waals surface area contributed by atoms with Gasteiger partial charge in [0.2, 0.25) is 21.1 Å². The van der Waals surface area contributed by atoms with Crippen LogP contribution >= 0.6 is 0 Å². The molecule has 1 saturated heterocycles. The number of anilines is 2. The van der Waals surface area contributed by atoms with E-state index >= 15 is 0 Å². The van der Waals surface area contributed by atoms with E-state index in [1.807, 2.05) is 13.0 Å². The fraction of sp³-hybridized carbons (Fsp3) is 0.256. The second kappa shape index (κ2) is 11.6. The number of aliphatic hydroxyl groups is 1. The summed E-state index contributed by atoms with van der Waals surface area (Å²) in [5.74, 6) is 0.680. The highest BCUT2D eigenvalue weighted by Crippen LogP contribution is 2.43. The summed E-state index contributed by atoms with van der Waals surface area (Å²) < 4.78 is 38.5. The summed E-state index contributed by atoms with van der Waals surface area (Å²) in [5.41, 5.74) is 8.92.